The van der Waals surface area contributed by atoms with Gasteiger partial charge in [-0.3, -0.25) is 4.98 Å². The third-order valence-electron chi connectivity index (χ3n) is 5.76. The molecule has 1 aliphatic carbocycles. The van der Waals surface area contributed by atoms with Crippen molar-refractivity contribution in [2.45, 2.75) is 50.8 Å². The van der Waals surface area contributed by atoms with E-state index in [1.807, 2.05) is 24.5 Å². The number of rotatable bonds is 4. The van der Waals surface area contributed by atoms with Gasteiger partial charge in [-0.15, -0.1) is 23.1 Å². The monoisotopic (exact) mass is 419 g/mol. The van der Waals surface area contributed by atoms with E-state index in [0.717, 1.165) is 41.2 Å². The molecule has 0 amide bonds. The maximum absolute atomic E-state index is 10.1. The van der Waals surface area contributed by atoms with Crippen LogP contribution in [0.1, 0.15) is 49.6 Å². The van der Waals surface area contributed by atoms with Gasteiger partial charge in [0.1, 0.15) is 11.1 Å². The number of aromatic nitrogens is 2. The van der Waals surface area contributed by atoms with E-state index >= 15 is 0 Å². The molecule has 4 rings (SSSR count). The molecule has 0 N–H and O–H groups in total. The highest BCUT2D eigenvalue weighted by atomic mass is 32.2. The predicted octanol–water partition coefficient (Wildman–Crippen LogP) is 6.52. The van der Waals surface area contributed by atoms with Crippen molar-refractivity contribution in [2.24, 2.45) is 11.3 Å². The van der Waals surface area contributed by atoms with Crippen molar-refractivity contribution >= 4 is 23.1 Å². The second-order valence-electron chi connectivity index (χ2n) is 8.63. The van der Waals surface area contributed by atoms with E-state index in [0.29, 0.717) is 5.92 Å². The third-order valence-corrected chi connectivity index (χ3v) is 7.69. The van der Waals surface area contributed by atoms with Crippen LogP contribution in [0, 0.1) is 22.7 Å². The second-order valence-corrected chi connectivity index (χ2v) is 10.5. The Bertz CT molecular complexity index is 1030. The second kappa shape index (κ2) is 8.30. The molecule has 3 aromatic heterocycles. The maximum atomic E-state index is 10.1. The van der Waals surface area contributed by atoms with E-state index in [2.05, 4.69) is 49.3 Å². The van der Waals surface area contributed by atoms with Gasteiger partial charge in [-0.1, -0.05) is 26.8 Å². The summed E-state index contributed by atoms with van der Waals surface area (Å²) in [4.78, 5) is 10.3. The third kappa shape index (κ3) is 4.24. The first kappa shape index (κ1) is 20.1. The highest BCUT2D eigenvalue weighted by molar-refractivity contribution is 7.98. The molecule has 0 fully saturated rings. The van der Waals surface area contributed by atoms with Crippen molar-refractivity contribution in [1.29, 1.82) is 5.26 Å². The SMILES string of the molecule is CC(C)(C)[C@H]1CCc2nc(SCc3ccncc3)c(C#N)c(-c3cccs3)c2C1. The van der Waals surface area contributed by atoms with Crippen molar-refractivity contribution in [1.82, 2.24) is 9.97 Å². The first-order chi connectivity index (χ1) is 14.0. The normalized spacial score (nSPS) is 16.3. The van der Waals surface area contributed by atoms with Gasteiger partial charge >= 0.3 is 0 Å². The minimum atomic E-state index is 0.256. The van der Waals surface area contributed by atoms with Crippen LogP contribution in [0.2, 0.25) is 0 Å². The lowest BCUT2D eigenvalue weighted by molar-refractivity contribution is 0.215. The van der Waals surface area contributed by atoms with Gasteiger partial charge in [0.05, 0.1) is 5.56 Å². The summed E-state index contributed by atoms with van der Waals surface area (Å²) in [5.74, 6) is 1.40. The molecule has 148 valence electrons. The number of pyridine rings is 2. The average Bonchev–Trinajstić information content (AvgIpc) is 3.25. The number of nitriles is 1. The molecule has 29 heavy (non-hydrogen) atoms. The van der Waals surface area contributed by atoms with Gasteiger partial charge in [0, 0.05) is 34.3 Å². The number of fused-ring (bicyclic) bond motifs is 1. The molecule has 3 heterocycles. The first-order valence-electron chi connectivity index (χ1n) is 9.99. The Morgan fingerprint density at radius 1 is 1.24 bits per heavy atom. The van der Waals surface area contributed by atoms with Crippen molar-refractivity contribution in [3.8, 4) is 16.5 Å². The summed E-state index contributed by atoms with van der Waals surface area (Å²) < 4.78 is 0. The molecular formula is C24H25N3S2. The molecule has 0 aromatic carbocycles. The number of hydrogen-bond donors (Lipinski definition) is 0. The molecular weight excluding hydrogens is 394 g/mol. The quantitative estimate of drug-likeness (QED) is 0.452. The number of aryl methyl sites for hydroxylation is 1. The number of hydrogen-bond acceptors (Lipinski definition) is 5. The molecule has 3 aromatic rings. The molecule has 5 heteroatoms. The molecule has 0 radical (unpaired) electrons. The van der Waals surface area contributed by atoms with E-state index in [4.69, 9.17) is 4.98 Å². The Morgan fingerprint density at radius 2 is 2.03 bits per heavy atom. The van der Waals surface area contributed by atoms with Crippen LogP contribution in [-0.4, -0.2) is 9.97 Å². The highest BCUT2D eigenvalue weighted by Crippen LogP contribution is 2.44. The fourth-order valence-corrected chi connectivity index (χ4v) is 5.77. The zero-order valence-electron chi connectivity index (χ0n) is 17.1. The van der Waals surface area contributed by atoms with E-state index in [-0.39, 0.29) is 5.41 Å². The zero-order chi connectivity index (χ0) is 20.4. The van der Waals surface area contributed by atoms with Gasteiger partial charge in [0.15, 0.2) is 0 Å². The lowest BCUT2D eigenvalue weighted by Crippen LogP contribution is -2.28. The Hall–Kier alpha value is -2.16. The molecule has 3 nitrogen and oxygen atoms in total. The topological polar surface area (TPSA) is 49.6 Å². The van der Waals surface area contributed by atoms with Crippen molar-refractivity contribution in [3.63, 3.8) is 0 Å². The summed E-state index contributed by atoms with van der Waals surface area (Å²) in [6.07, 6.45) is 6.77. The predicted molar refractivity (Wildman–Crippen MR) is 121 cm³/mol. The minimum absolute atomic E-state index is 0.256. The molecule has 0 saturated carbocycles. The van der Waals surface area contributed by atoms with Crippen LogP contribution in [0.5, 0.6) is 0 Å². The Morgan fingerprint density at radius 3 is 2.69 bits per heavy atom. The van der Waals surface area contributed by atoms with Crippen LogP contribution in [0.15, 0.2) is 47.1 Å². The summed E-state index contributed by atoms with van der Waals surface area (Å²) in [7, 11) is 0. The van der Waals surface area contributed by atoms with Gasteiger partial charge in [-0.25, -0.2) is 4.98 Å². The van der Waals surface area contributed by atoms with E-state index < -0.39 is 0 Å². The lowest BCUT2D eigenvalue weighted by Gasteiger charge is -2.35. The first-order valence-corrected chi connectivity index (χ1v) is 11.9. The van der Waals surface area contributed by atoms with E-state index in [1.54, 1.807) is 23.1 Å². The van der Waals surface area contributed by atoms with Crippen molar-refractivity contribution in [3.05, 3.63) is 64.4 Å². The number of thiophene rings is 1. The zero-order valence-corrected chi connectivity index (χ0v) is 18.7. The minimum Gasteiger partial charge on any atom is -0.265 e. The Balaban J connectivity index is 1.79. The van der Waals surface area contributed by atoms with Crippen molar-refractivity contribution < 1.29 is 0 Å². The number of thioether (sulfide) groups is 1. The van der Waals surface area contributed by atoms with Crippen LogP contribution < -0.4 is 0 Å². The molecule has 0 spiro atoms. The Labute approximate surface area is 181 Å². The van der Waals surface area contributed by atoms with Gasteiger partial charge in [0.2, 0.25) is 0 Å². The lowest BCUT2D eigenvalue weighted by atomic mass is 9.70. The van der Waals surface area contributed by atoms with Gasteiger partial charge in [-0.05, 0) is 65.3 Å². The fraction of sp³-hybridized carbons (Fsp3) is 0.375. The summed E-state index contributed by atoms with van der Waals surface area (Å²) in [5, 5.41) is 13.1. The van der Waals surface area contributed by atoms with Crippen molar-refractivity contribution in [2.75, 3.05) is 0 Å². The molecule has 0 unspecified atom stereocenters. The molecule has 1 atom stereocenters. The van der Waals surface area contributed by atoms with E-state index in [9.17, 15) is 5.26 Å². The average molecular weight is 420 g/mol. The molecule has 0 bridgehead atoms. The summed E-state index contributed by atoms with van der Waals surface area (Å²) >= 11 is 3.37. The summed E-state index contributed by atoms with van der Waals surface area (Å²) in [5.41, 5.74) is 5.79. The summed E-state index contributed by atoms with van der Waals surface area (Å²) in [6, 6.07) is 10.8. The molecule has 1 aliphatic rings. The van der Waals surface area contributed by atoms with Crippen LogP contribution in [-0.2, 0) is 18.6 Å². The molecule has 0 aliphatic heterocycles. The van der Waals surface area contributed by atoms with Gasteiger partial charge < -0.3 is 0 Å². The fourth-order valence-electron chi connectivity index (χ4n) is 4.00. The van der Waals surface area contributed by atoms with Crippen LogP contribution in [0.3, 0.4) is 0 Å². The van der Waals surface area contributed by atoms with Crippen LogP contribution >= 0.6 is 23.1 Å². The van der Waals surface area contributed by atoms with E-state index in [1.165, 1.54) is 21.7 Å². The standard InChI is InChI=1S/C24H25N3S2/c1-24(2,3)17-6-7-20-18(13-17)22(21-5-4-12-28-21)19(14-25)23(27-20)29-15-16-8-10-26-11-9-16/h4-5,8-12,17H,6-7,13,15H2,1-3H3/t17-/m0/s1. The smallest absolute Gasteiger partial charge is 0.115 e. The maximum Gasteiger partial charge on any atom is 0.115 e. The largest absolute Gasteiger partial charge is 0.265 e. The van der Waals surface area contributed by atoms with Crippen LogP contribution in [0.4, 0.5) is 0 Å². The van der Waals surface area contributed by atoms with Gasteiger partial charge in [0.25, 0.3) is 0 Å². The summed E-state index contributed by atoms with van der Waals surface area (Å²) in [6.45, 7) is 6.97. The number of nitrogens with zero attached hydrogens (tertiary/aromatic N) is 3. The molecule has 0 saturated heterocycles. The van der Waals surface area contributed by atoms with Crippen LogP contribution in [0.25, 0.3) is 10.4 Å². The highest BCUT2D eigenvalue weighted by Gasteiger charge is 2.33. The Kier molecular flexibility index (Phi) is 5.76. The van der Waals surface area contributed by atoms with Gasteiger partial charge in [-0.2, -0.15) is 5.26 Å².